The van der Waals surface area contributed by atoms with E-state index in [9.17, 15) is 4.79 Å². The molecule has 0 aliphatic rings. The Labute approximate surface area is 170 Å². The fraction of sp³-hybridized carbons (Fsp3) is 0.480. The number of carbonyl (C=O) groups is 1. The second-order valence-electron chi connectivity index (χ2n) is 7.48. The maximum Gasteiger partial charge on any atom is 0.252 e. The molecule has 0 aliphatic carbocycles. The molecule has 0 amide bonds. The predicted molar refractivity (Wildman–Crippen MR) is 118 cm³/mol. The number of aryl methyl sites for hydroxylation is 1. The summed E-state index contributed by atoms with van der Waals surface area (Å²) in [5.41, 5.74) is 4.24. The van der Waals surface area contributed by atoms with Crippen LogP contribution < -0.4 is 0 Å². The van der Waals surface area contributed by atoms with E-state index in [-0.39, 0.29) is 0 Å². The first-order valence-corrected chi connectivity index (χ1v) is 11.0. The summed E-state index contributed by atoms with van der Waals surface area (Å²) in [5.74, 6) is 0. The van der Waals surface area contributed by atoms with Crippen molar-refractivity contribution in [3.63, 3.8) is 0 Å². The maximum atomic E-state index is 11.1. The van der Waals surface area contributed by atoms with Crippen molar-refractivity contribution in [1.82, 2.24) is 0 Å². The molecular formula is C25H33ClO. The van der Waals surface area contributed by atoms with E-state index in [0.29, 0.717) is 5.56 Å². The summed E-state index contributed by atoms with van der Waals surface area (Å²) in [6.07, 6.45) is 15.0. The van der Waals surface area contributed by atoms with E-state index >= 15 is 0 Å². The summed E-state index contributed by atoms with van der Waals surface area (Å²) < 4.78 is 0. The van der Waals surface area contributed by atoms with Crippen LogP contribution in [0.3, 0.4) is 0 Å². The van der Waals surface area contributed by atoms with Crippen LogP contribution in [0.15, 0.2) is 48.5 Å². The van der Waals surface area contributed by atoms with Gasteiger partial charge in [-0.3, -0.25) is 4.79 Å². The zero-order valence-corrected chi connectivity index (χ0v) is 17.4. The first-order valence-electron chi connectivity index (χ1n) is 10.6. The van der Waals surface area contributed by atoms with E-state index in [2.05, 4.69) is 31.2 Å². The van der Waals surface area contributed by atoms with Gasteiger partial charge < -0.3 is 0 Å². The third kappa shape index (κ3) is 8.30. The number of carbonyl (C=O) groups excluding carboxylic acids is 1. The van der Waals surface area contributed by atoms with Gasteiger partial charge in [-0.25, -0.2) is 0 Å². The molecule has 0 heterocycles. The van der Waals surface area contributed by atoms with E-state index in [0.717, 1.165) is 12.0 Å². The van der Waals surface area contributed by atoms with Gasteiger partial charge in [-0.1, -0.05) is 101 Å². The Bertz CT molecular complexity index is 658. The Hall–Kier alpha value is -1.60. The fourth-order valence-electron chi connectivity index (χ4n) is 3.47. The van der Waals surface area contributed by atoms with Crippen molar-refractivity contribution in [2.45, 2.75) is 77.6 Å². The Morgan fingerprint density at radius 2 is 1.11 bits per heavy atom. The molecule has 0 radical (unpaired) electrons. The minimum absolute atomic E-state index is 0.409. The van der Waals surface area contributed by atoms with Gasteiger partial charge in [0, 0.05) is 5.56 Å². The molecule has 2 aromatic rings. The monoisotopic (exact) mass is 384 g/mol. The molecule has 146 valence electrons. The van der Waals surface area contributed by atoms with E-state index in [1.54, 1.807) is 12.1 Å². The molecule has 2 rings (SSSR count). The predicted octanol–water partition coefficient (Wildman–Crippen LogP) is 8.20. The Balaban J connectivity index is 1.63. The highest BCUT2D eigenvalue weighted by atomic mass is 35.5. The van der Waals surface area contributed by atoms with Crippen LogP contribution in [0.5, 0.6) is 0 Å². The summed E-state index contributed by atoms with van der Waals surface area (Å²) in [7, 11) is 0. The minimum atomic E-state index is -0.409. The molecular weight excluding hydrogens is 352 g/mol. The molecule has 0 fully saturated rings. The lowest BCUT2D eigenvalue weighted by molar-refractivity contribution is 0.108. The lowest BCUT2D eigenvalue weighted by atomic mass is 10.00. The van der Waals surface area contributed by atoms with Crippen molar-refractivity contribution in [2.24, 2.45) is 0 Å². The second kappa shape index (κ2) is 12.7. The summed E-state index contributed by atoms with van der Waals surface area (Å²) >= 11 is 5.50. The Kier molecular flexibility index (Phi) is 10.2. The van der Waals surface area contributed by atoms with Crippen LogP contribution in [0, 0.1) is 0 Å². The van der Waals surface area contributed by atoms with Gasteiger partial charge >= 0.3 is 0 Å². The first kappa shape index (κ1) is 21.7. The van der Waals surface area contributed by atoms with E-state index in [1.807, 2.05) is 12.1 Å². The van der Waals surface area contributed by atoms with Crippen molar-refractivity contribution >= 4 is 16.8 Å². The minimum Gasteiger partial charge on any atom is -0.276 e. The number of unbranched alkanes of at least 4 members (excludes halogenated alkanes) is 9. The van der Waals surface area contributed by atoms with Crippen molar-refractivity contribution in [3.05, 3.63) is 59.7 Å². The van der Waals surface area contributed by atoms with Crippen LogP contribution in [-0.4, -0.2) is 5.24 Å². The van der Waals surface area contributed by atoms with Crippen LogP contribution in [0.2, 0.25) is 0 Å². The smallest absolute Gasteiger partial charge is 0.252 e. The van der Waals surface area contributed by atoms with E-state index in [4.69, 9.17) is 11.6 Å². The van der Waals surface area contributed by atoms with Gasteiger partial charge in [0.05, 0.1) is 0 Å². The van der Waals surface area contributed by atoms with Gasteiger partial charge in [0.15, 0.2) is 0 Å². The second-order valence-corrected chi connectivity index (χ2v) is 7.82. The zero-order valence-electron chi connectivity index (χ0n) is 16.7. The van der Waals surface area contributed by atoms with Gasteiger partial charge in [0.1, 0.15) is 0 Å². The third-order valence-electron chi connectivity index (χ3n) is 5.22. The molecule has 0 spiro atoms. The normalized spacial score (nSPS) is 10.9. The average Bonchev–Trinajstić information content (AvgIpc) is 2.70. The summed E-state index contributed by atoms with van der Waals surface area (Å²) in [4.78, 5) is 11.1. The molecule has 0 aromatic heterocycles. The number of benzene rings is 2. The summed E-state index contributed by atoms with van der Waals surface area (Å²) in [5, 5.41) is -0.409. The Morgan fingerprint density at radius 1 is 0.667 bits per heavy atom. The number of hydrogen-bond acceptors (Lipinski definition) is 1. The molecule has 2 heteroatoms. The Morgan fingerprint density at radius 3 is 1.59 bits per heavy atom. The first-order chi connectivity index (χ1) is 13.2. The van der Waals surface area contributed by atoms with Crippen LogP contribution in [0.25, 0.3) is 11.1 Å². The van der Waals surface area contributed by atoms with E-state index < -0.39 is 5.24 Å². The van der Waals surface area contributed by atoms with Gasteiger partial charge in [-0.05, 0) is 53.3 Å². The maximum absolute atomic E-state index is 11.1. The van der Waals surface area contributed by atoms with Gasteiger partial charge in [0.25, 0.3) is 5.24 Å². The lowest BCUT2D eigenvalue weighted by Crippen LogP contribution is -1.89. The van der Waals surface area contributed by atoms with Crippen LogP contribution in [-0.2, 0) is 6.42 Å². The largest absolute Gasteiger partial charge is 0.276 e. The molecule has 27 heavy (non-hydrogen) atoms. The fourth-order valence-corrected chi connectivity index (χ4v) is 3.60. The topological polar surface area (TPSA) is 17.1 Å². The van der Waals surface area contributed by atoms with Crippen LogP contribution in [0.4, 0.5) is 0 Å². The standard InChI is InChI=1S/C25H33ClO/c1-2-3-4-5-6-7-8-9-10-11-12-21-13-15-22(16-14-21)23-17-19-24(20-18-23)25(26)27/h13-20H,2-12H2,1H3. The average molecular weight is 385 g/mol. The van der Waals surface area contributed by atoms with Crippen LogP contribution >= 0.6 is 11.6 Å². The van der Waals surface area contributed by atoms with Crippen molar-refractivity contribution in [3.8, 4) is 11.1 Å². The van der Waals surface area contributed by atoms with Crippen molar-refractivity contribution in [1.29, 1.82) is 0 Å². The molecule has 1 nitrogen and oxygen atoms in total. The molecule has 0 atom stereocenters. The molecule has 0 bridgehead atoms. The highest BCUT2D eigenvalue weighted by Gasteiger charge is 2.03. The summed E-state index contributed by atoms with van der Waals surface area (Å²) in [6, 6.07) is 16.3. The zero-order chi connectivity index (χ0) is 19.3. The van der Waals surface area contributed by atoms with Gasteiger partial charge in [-0.15, -0.1) is 0 Å². The van der Waals surface area contributed by atoms with Crippen molar-refractivity contribution in [2.75, 3.05) is 0 Å². The van der Waals surface area contributed by atoms with Gasteiger partial charge in [0.2, 0.25) is 0 Å². The molecule has 0 saturated heterocycles. The van der Waals surface area contributed by atoms with E-state index in [1.165, 1.54) is 75.3 Å². The van der Waals surface area contributed by atoms with Crippen molar-refractivity contribution < 1.29 is 4.79 Å². The number of halogens is 1. The highest BCUT2D eigenvalue weighted by molar-refractivity contribution is 6.67. The SMILES string of the molecule is CCCCCCCCCCCCc1ccc(-c2ccc(C(=O)Cl)cc2)cc1. The third-order valence-corrected chi connectivity index (χ3v) is 5.44. The molecule has 0 unspecified atom stereocenters. The molecule has 0 N–H and O–H groups in total. The molecule has 0 saturated carbocycles. The van der Waals surface area contributed by atoms with Crippen LogP contribution in [0.1, 0.15) is 87.1 Å². The lowest BCUT2D eigenvalue weighted by Gasteiger charge is -2.06. The molecule has 0 aliphatic heterocycles. The number of rotatable bonds is 13. The van der Waals surface area contributed by atoms with Gasteiger partial charge in [-0.2, -0.15) is 0 Å². The summed E-state index contributed by atoms with van der Waals surface area (Å²) in [6.45, 7) is 2.27. The quantitative estimate of drug-likeness (QED) is 0.251. The number of hydrogen-bond donors (Lipinski definition) is 0. The highest BCUT2D eigenvalue weighted by Crippen LogP contribution is 2.22. The molecule has 2 aromatic carbocycles.